The van der Waals surface area contributed by atoms with Crippen LogP contribution in [0.1, 0.15) is 51.4 Å². The number of amides is 1. The monoisotopic (exact) mass is 240 g/mol. The maximum Gasteiger partial charge on any atom is 0.237 e. The maximum atomic E-state index is 12.0. The topological polar surface area (TPSA) is 61.4 Å². The van der Waals surface area contributed by atoms with Crippen molar-refractivity contribution in [3.63, 3.8) is 0 Å². The summed E-state index contributed by atoms with van der Waals surface area (Å²) < 4.78 is 0. The molecular formula is C13H24N2O2. The Morgan fingerprint density at radius 2 is 1.82 bits per heavy atom. The van der Waals surface area contributed by atoms with Gasteiger partial charge < -0.3 is 15.7 Å². The molecule has 3 N–H and O–H groups in total. The lowest BCUT2D eigenvalue weighted by Crippen LogP contribution is -2.52. The van der Waals surface area contributed by atoms with Crippen molar-refractivity contribution in [2.24, 2.45) is 0 Å². The van der Waals surface area contributed by atoms with Crippen LogP contribution in [0.4, 0.5) is 0 Å². The molecule has 2 rings (SSSR count). The van der Waals surface area contributed by atoms with Crippen LogP contribution in [0, 0.1) is 0 Å². The highest BCUT2D eigenvalue weighted by Gasteiger charge is 2.27. The number of rotatable bonds is 2. The maximum absolute atomic E-state index is 12.0. The summed E-state index contributed by atoms with van der Waals surface area (Å²) in [7, 11) is 0. The van der Waals surface area contributed by atoms with E-state index in [-0.39, 0.29) is 24.1 Å². The van der Waals surface area contributed by atoms with E-state index in [1.165, 1.54) is 6.42 Å². The summed E-state index contributed by atoms with van der Waals surface area (Å²) in [5.41, 5.74) is 0. The van der Waals surface area contributed by atoms with E-state index in [4.69, 9.17) is 0 Å². The average molecular weight is 240 g/mol. The number of aliphatic hydroxyl groups excluding tert-OH is 1. The quantitative estimate of drug-likeness (QED) is 0.629. The van der Waals surface area contributed by atoms with Crippen LogP contribution in [0.25, 0.3) is 0 Å². The Balaban J connectivity index is 1.83. The normalized spacial score (nSPS) is 35.0. The van der Waals surface area contributed by atoms with Gasteiger partial charge in [0, 0.05) is 0 Å². The standard InChI is InChI=1S/C13H24N2O2/c16-12-8-3-1-2-6-10(12)15-13(17)11-7-4-5-9-14-11/h10-12,14,16H,1-9H2,(H,15,17)/t10?,11-,12?/m1/s1. The Kier molecular flexibility index (Phi) is 4.80. The molecule has 2 fully saturated rings. The first-order valence-electron chi connectivity index (χ1n) is 6.99. The zero-order chi connectivity index (χ0) is 12.1. The van der Waals surface area contributed by atoms with Crippen LogP contribution in [0.5, 0.6) is 0 Å². The molecule has 1 aliphatic heterocycles. The van der Waals surface area contributed by atoms with Crippen LogP contribution in [-0.4, -0.2) is 35.7 Å². The van der Waals surface area contributed by atoms with E-state index < -0.39 is 0 Å². The van der Waals surface area contributed by atoms with E-state index in [2.05, 4.69) is 10.6 Å². The number of hydrogen-bond acceptors (Lipinski definition) is 3. The van der Waals surface area contributed by atoms with Crippen LogP contribution in [0.15, 0.2) is 0 Å². The van der Waals surface area contributed by atoms with Gasteiger partial charge in [-0.2, -0.15) is 0 Å². The summed E-state index contributed by atoms with van der Waals surface area (Å²) in [6.45, 7) is 0.936. The number of hydrogen-bond donors (Lipinski definition) is 3. The largest absolute Gasteiger partial charge is 0.391 e. The van der Waals surface area contributed by atoms with E-state index in [0.29, 0.717) is 0 Å². The Morgan fingerprint density at radius 3 is 2.59 bits per heavy atom. The van der Waals surface area contributed by atoms with Gasteiger partial charge in [-0.3, -0.25) is 4.79 Å². The minimum Gasteiger partial charge on any atom is -0.391 e. The van der Waals surface area contributed by atoms with Crippen molar-refractivity contribution >= 4 is 5.91 Å². The molecule has 4 heteroatoms. The van der Waals surface area contributed by atoms with Gasteiger partial charge in [0.2, 0.25) is 5.91 Å². The summed E-state index contributed by atoms with van der Waals surface area (Å²) in [6, 6.07) is -0.0760. The first-order chi connectivity index (χ1) is 8.27. The van der Waals surface area contributed by atoms with E-state index in [1.807, 2.05) is 0 Å². The first-order valence-corrected chi connectivity index (χ1v) is 6.99. The molecule has 4 nitrogen and oxygen atoms in total. The molecule has 98 valence electrons. The van der Waals surface area contributed by atoms with Crippen LogP contribution in [0.3, 0.4) is 0 Å². The first kappa shape index (κ1) is 12.8. The second-order valence-electron chi connectivity index (χ2n) is 5.32. The summed E-state index contributed by atoms with van der Waals surface area (Å²) in [6.07, 6.45) is 7.95. The fourth-order valence-corrected chi connectivity index (χ4v) is 2.82. The van der Waals surface area contributed by atoms with Crippen molar-refractivity contribution in [3.05, 3.63) is 0 Å². The van der Waals surface area contributed by atoms with Gasteiger partial charge in [0.25, 0.3) is 0 Å². The predicted octanol–water partition coefficient (Wildman–Crippen LogP) is 0.938. The van der Waals surface area contributed by atoms with Gasteiger partial charge in [0.1, 0.15) is 0 Å². The van der Waals surface area contributed by atoms with E-state index >= 15 is 0 Å². The molecular weight excluding hydrogens is 216 g/mol. The summed E-state index contributed by atoms with van der Waals surface area (Å²) >= 11 is 0. The molecule has 2 unspecified atom stereocenters. The Morgan fingerprint density at radius 1 is 1.06 bits per heavy atom. The van der Waals surface area contributed by atoms with Gasteiger partial charge in [-0.1, -0.05) is 25.7 Å². The van der Waals surface area contributed by atoms with Gasteiger partial charge in [0.15, 0.2) is 0 Å². The smallest absolute Gasteiger partial charge is 0.237 e. The van der Waals surface area contributed by atoms with Gasteiger partial charge in [-0.15, -0.1) is 0 Å². The summed E-state index contributed by atoms with van der Waals surface area (Å²) in [5, 5.41) is 16.2. The lowest BCUT2D eigenvalue weighted by molar-refractivity contribution is -0.125. The second-order valence-corrected chi connectivity index (χ2v) is 5.32. The minimum absolute atomic E-state index is 0.0336. The van der Waals surface area contributed by atoms with Gasteiger partial charge in [0.05, 0.1) is 18.2 Å². The Labute approximate surface area is 103 Å². The highest BCUT2D eigenvalue weighted by atomic mass is 16.3. The molecule has 1 aliphatic carbocycles. The third-order valence-electron chi connectivity index (χ3n) is 3.93. The zero-order valence-corrected chi connectivity index (χ0v) is 10.5. The second kappa shape index (κ2) is 6.36. The number of nitrogens with one attached hydrogen (secondary N) is 2. The van der Waals surface area contributed by atoms with Crippen molar-refractivity contribution in [2.45, 2.75) is 69.6 Å². The van der Waals surface area contributed by atoms with Crippen LogP contribution in [-0.2, 0) is 4.79 Å². The third-order valence-corrected chi connectivity index (χ3v) is 3.93. The molecule has 0 aromatic heterocycles. The molecule has 3 atom stereocenters. The number of piperidine rings is 1. The predicted molar refractivity (Wildman–Crippen MR) is 66.7 cm³/mol. The van der Waals surface area contributed by atoms with Crippen molar-refractivity contribution in [1.29, 1.82) is 0 Å². The molecule has 1 saturated carbocycles. The molecule has 2 aliphatic rings. The fourth-order valence-electron chi connectivity index (χ4n) is 2.82. The van der Waals surface area contributed by atoms with Crippen molar-refractivity contribution < 1.29 is 9.90 Å². The molecule has 0 aromatic rings. The van der Waals surface area contributed by atoms with Crippen LogP contribution < -0.4 is 10.6 Å². The Hall–Kier alpha value is -0.610. The molecule has 0 spiro atoms. The minimum atomic E-state index is -0.356. The summed E-state index contributed by atoms with van der Waals surface area (Å²) in [5.74, 6) is 0.0793. The molecule has 1 heterocycles. The highest BCUT2D eigenvalue weighted by molar-refractivity contribution is 5.82. The lowest BCUT2D eigenvalue weighted by atomic mass is 10.0. The summed E-state index contributed by atoms with van der Waals surface area (Å²) in [4.78, 5) is 12.0. The molecule has 1 amide bonds. The third kappa shape index (κ3) is 3.68. The van der Waals surface area contributed by atoms with E-state index in [9.17, 15) is 9.90 Å². The van der Waals surface area contributed by atoms with Crippen LogP contribution >= 0.6 is 0 Å². The number of aliphatic hydroxyl groups is 1. The molecule has 17 heavy (non-hydrogen) atoms. The Bertz CT molecular complexity index is 252. The van der Waals surface area contributed by atoms with E-state index in [0.717, 1.165) is 51.5 Å². The number of carbonyl (C=O) groups is 1. The van der Waals surface area contributed by atoms with Gasteiger partial charge in [-0.05, 0) is 32.2 Å². The van der Waals surface area contributed by atoms with Crippen molar-refractivity contribution in [1.82, 2.24) is 10.6 Å². The van der Waals surface area contributed by atoms with E-state index in [1.54, 1.807) is 0 Å². The fraction of sp³-hybridized carbons (Fsp3) is 0.923. The number of carbonyl (C=O) groups excluding carboxylic acids is 1. The average Bonchev–Trinajstić information content (AvgIpc) is 2.56. The van der Waals surface area contributed by atoms with Gasteiger partial charge >= 0.3 is 0 Å². The van der Waals surface area contributed by atoms with Crippen LogP contribution in [0.2, 0.25) is 0 Å². The van der Waals surface area contributed by atoms with Gasteiger partial charge in [-0.25, -0.2) is 0 Å². The lowest BCUT2D eigenvalue weighted by Gasteiger charge is -2.27. The molecule has 1 saturated heterocycles. The molecule has 0 aromatic carbocycles. The zero-order valence-electron chi connectivity index (χ0n) is 10.5. The highest BCUT2D eigenvalue weighted by Crippen LogP contribution is 2.18. The van der Waals surface area contributed by atoms with Crippen molar-refractivity contribution in [3.8, 4) is 0 Å². The SMILES string of the molecule is O=C(NC1CCCCCC1O)[C@H]1CCCCN1. The molecule has 0 radical (unpaired) electrons. The van der Waals surface area contributed by atoms with Crippen molar-refractivity contribution in [2.75, 3.05) is 6.54 Å². The molecule has 0 bridgehead atoms.